The summed E-state index contributed by atoms with van der Waals surface area (Å²) in [5.74, 6) is 1.34. The Bertz CT molecular complexity index is 1220. The highest BCUT2D eigenvalue weighted by Crippen LogP contribution is 2.27. The molecule has 0 saturated carbocycles. The fraction of sp³-hybridized carbons (Fsp3) is 0.185. The minimum atomic E-state index is -0.182. The summed E-state index contributed by atoms with van der Waals surface area (Å²) >= 11 is 5.44. The third-order valence-electron chi connectivity index (χ3n) is 5.58. The summed E-state index contributed by atoms with van der Waals surface area (Å²) in [4.78, 5) is 14.6. The number of nitrogens with zero attached hydrogens (tertiary/aromatic N) is 1. The first kappa shape index (κ1) is 22.6. The highest BCUT2D eigenvalue weighted by Gasteiger charge is 2.32. The summed E-state index contributed by atoms with van der Waals surface area (Å²) in [7, 11) is 1.63. The molecule has 1 heterocycles. The Labute approximate surface area is 199 Å². The lowest BCUT2D eigenvalue weighted by molar-refractivity contribution is -0.113. The number of methoxy groups -OCH3 is 1. The van der Waals surface area contributed by atoms with Crippen molar-refractivity contribution in [2.75, 3.05) is 12.0 Å². The summed E-state index contributed by atoms with van der Waals surface area (Å²) in [6, 6.07) is 21.5. The summed E-state index contributed by atoms with van der Waals surface area (Å²) in [5.41, 5.74) is 5.18. The van der Waals surface area contributed by atoms with E-state index in [1.807, 2.05) is 61.5 Å². The Morgan fingerprint density at radius 3 is 2.52 bits per heavy atom. The average Bonchev–Trinajstić information content (AvgIpc) is 3.11. The topological polar surface area (TPSA) is 50.8 Å². The fourth-order valence-electron chi connectivity index (χ4n) is 3.72. The van der Waals surface area contributed by atoms with Gasteiger partial charge in [-0.1, -0.05) is 43.3 Å². The molecule has 0 spiro atoms. The van der Waals surface area contributed by atoms with E-state index in [4.69, 9.17) is 21.7 Å². The molecule has 1 aliphatic heterocycles. The number of hydrogen-bond donors (Lipinski definition) is 1. The predicted molar refractivity (Wildman–Crippen MR) is 136 cm³/mol. The number of carbonyl (C=O) groups is 1. The largest absolute Gasteiger partial charge is 0.496 e. The second-order valence-electron chi connectivity index (χ2n) is 7.77. The van der Waals surface area contributed by atoms with Gasteiger partial charge in [0.2, 0.25) is 0 Å². The van der Waals surface area contributed by atoms with Gasteiger partial charge in [0.25, 0.3) is 5.91 Å². The van der Waals surface area contributed by atoms with Crippen molar-refractivity contribution in [1.82, 2.24) is 5.32 Å². The first-order valence-corrected chi connectivity index (χ1v) is 11.2. The zero-order chi connectivity index (χ0) is 23.4. The second-order valence-corrected chi connectivity index (χ2v) is 8.16. The van der Waals surface area contributed by atoms with Gasteiger partial charge in [0.15, 0.2) is 5.11 Å². The SMILES string of the molecule is CCc1ccc(OCc2cc(/C=C3/NC(=S)N(c4ccccc4C)C3=O)ccc2OC)cc1. The van der Waals surface area contributed by atoms with Crippen LogP contribution in [0.5, 0.6) is 11.5 Å². The molecular weight excluding hydrogens is 432 g/mol. The van der Waals surface area contributed by atoms with Crippen molar-refractivity contribution < 1.29 is 14.3 Å². The van der Waals surface area contributed by atoms with Crippen LogP contribution < -0.4 is 19.7 Å². The van der Waals surface area contributed by atoms with E-state index in [1.54, 1.807) is 13.2 Å². The number of rotatable bonds is 7. The van der Waals surface area contributed by atoms with Crippen molar-refractivity contribution in [3.05, 3.63) is 94.7 Å². The van der Waals surface area contributed by atoms with Crippen LogP contribution in [0, 0.1) is 6.92 Å². The van der Waals surface area contributed by atoms with E-state index >= 15 is 0 Å². The molecule has 6 heteroatoms. The third-order valence-corrected chi connectivity index (χ3v) is 5.86. The molecule has 3 aromatic carbocycles. The van der Waals surface area contributed by atoms with Crippen LogP contribution in [-0.4, -0.2) is 18.1 Å². The molecule has 1 aliphatic rings. The van der Waals surface area contributed by atoms with Crippen molar-refractivity contribution in [2.45, 2.75) is 26.9 Å². The maximum atomic E-state index is 13.1. The summed E-state index contributed by atoms with van der Waals surface area (Å²) in [5, 5.41) is 3.42. The van der Waals surface area contributed by atoms with Crippen LogP contribution in [-0.2, 0) is 17.8 Å². The van der Waals surface area contributed by atoms with E-state index in [0.717, 1.165) is 40.3 Å². The van der Waals surface area contributed by atoms with Crippen LogP contribution in [0.2, 0.25) is 0 Å². The molecule has 1 N–H and O–H groups in total. The first-order valence-electron chi connectivity index (χ1n) is 10.8. The summed E-state index contributed by atoms with van der Waals surface area (Å²) < 4.78 is 11.5. The van der Waals surface area contributed by atoms with Crippen LogP contribution >= 0.6 is 12.2 Å². The molecule has 0 radical (unpaired) electrons. The molecule has 0 aromatic heterocycles. The summed E-state index contributed by atoms with van der Waals surface area (Å²) in [6.07, 6.45) is 2.79. The van der Waals surface area contributed by atoms with Gasteiger partial charge in [-0.2, -0.15) is 0 Å². The molecule has 1 saturated heterocycles. The number of thiocarbonyl (C=S) groups is 1. The quantitative estimate of drug-likeness (QED) is 0.379. The van der Waals surface area contributed by atoms with E-state index in [-0.39, 0.29) is 5.91 Å². The van der Waals surface area contributed by atoms with Crippen LogP contribution in [0.25, 0.3) is 6.08 Å². The van der Waals surface area contributed by atoms with Crippen molar-refractivity contribution in [3.8, 4) is 11.5 Å². The van der Waals surface area contributed by atoms with Crippen LogP contribution in [0.1, 0.15) is 29.2 Å². The first-order chi connectivity index (χ1) is 16.0. The van der Waals surface area contributed by atoms with Gasteiger partial charge in [0.05, 0.1) is 12.8 Å². The van der Waals surface area contributed by atoms with Gasteiger partial charge in [-0.05, 0) is 78.7 Å². The van der Waals surface area contributed by atoms with Crippen molar-refractivity contribution in [1.29, 1.82) is 0 Å². The minimum absolute atomic E-state index is 0.182. The molecular formula is C27H26N2O3S. The van der Waals surface area contributed by atoms with Gasteiger partial charge in [0.1, 0.15) is 23.8 Å². The van der Waals surface area contributed by atoms with E-state index in [0.29, 0.717) is 17.4 Å². The number of amides is 1. The van der Waals surface area contributed by atoms with E-state index in [1.165, 1.54) is 10.5 Å². The maximum Gasteiger partial charge on any atom is 0.281 e. The van der Waals surface area contributed by atoms with Gasteiger partial charge in [0, 0.05) is 5.56 Å². The van der Waals surface area contributed by atoms with Crippen LogP contribution in [0.15, 0.2) is 72.4 Å². The van der Waals surface area contributed by atoms with Gasteiger partial charge < -0.3 is 14.8 Å². The Balaban J connectivity index is 1.56. The predicted octanol–water partition coefficient (Wildman–Crippen LogP) is 5.41. The molecule has 0 aliphatic carbocycles. The number of carbonyl (C=O) groups excluding carboxylic acids is 1. The Hall–Kier alpha value is -3.64. The van der Waals surface area contributed by atoms with Gasteiger partial charge in [-0.3, -0.25) is 9.69 Å². The molecule has 5 nitrogen and oxygen atoms in total. The second kappa shape index (κ2) is 9.88. The lowest BCUT2D eigenvalue weighted by Crippen LogP contribution is -2.30. The Morgan fingerprint density at radius 2 is 1.82 bits per heavy atom. The van der Waals surface area contributed by atoms with E-state index < -0.39 is 0 Å². The number of nitrogens with one attached hydrogen (secondary N) is 1. The lowest BCUT2D eigenvalue weighted by Gasteiger charge is -2.16. The Kier molecular flexibility index (Phi) is 6.75. The number of ether oxygens (including phenoxy) is 2. The number of para-hydroxylation sites is 1. The molecule has 1 amide bonds. The van der Waals surface area contributed by atoms with Gasteiger partial charge in [-0.15, -0.1) is 0 Å². The standard InChI is InChI=1S/C27H26N2O3S/c1-4-19-9-12-22(13-10-19)32-17-21-15-20(11-14-25(21)31-3)16-23-26(30)29(27(33)28-23)24-8-6-5-7-18(24)2/h5-16H,4,17H2,1-3H3,(H,28,33)/b23-16+. The van der Waals surface area contributed by atoms with Crippen molar-refractivity contribution in [2.24, 2.45) is 0 Å². The number of benzene rings is 3. The smallest absolute Gasteiger partial charge is 0.281 e. The zero-order valence-corrected chi connectivity index (χ0v) is 19.7. The Morgan fingerprint density at radius 1 is 1.06 bits per heavy atom. The van der Waals surface area contributed by atoms with Crippen LogP contribution in [0.3, 0.4) is 0 Å². The van der Waals surface area contributed by atoms with E-state index in [2.05, 4.69) is 24.4 Å². The van der Waals surface area contributed by atoms with Gasteiger partial charge in [-0.25, -0.2) is 0 Å². The van der Waals surface area contributed by atoms with Gasteiger partial charge >= 0.3 is 0 Å². The average molecular weight is 459 g/mol. The summed E-state index contributed by atoms with van der Waals surface area (Å²) in [6.45, 7) is 4.43. The number of aryl methyl sites for hydroxylation is 2. The molecule has 0 unspecified atom stereocenters. The number of anilines is 1. The molecule has 3 aromatic rings. The molecule has 33 heavy (non-hydrogen) atoms. The lowest BCUT2D eigenvalue weighted by atomic mass is 10.1. The molecule has 0 bridgehead atoms. The highest BCUT2D eigenvalue weighted by molar-refractivity contribution is 7.80. The molecule has 1 fully saturated rings. The van der Waals surface area contributed by atoms with E-state index in [9.17, 15) is 4.79 Å². The van der Waals surface area contributed by atoms with Crippen molar-refractivity contribution >= 4 is 35.0 Å². The fourth-order valence-corrected chi connectivity index (χ4v) is 4.01. The third kappa shape index (κ3) is 4.91. The monoisotopic (exact) mass is 458 g/mol. The van der Waals surface area contributed by atoms with Crippen LogP contribution in [0.4, 0.5) is 5.69 Å². The van der Waals surface area contributed by atoms with Crippen molar-refractivity contribution in [3.63, 3.8) is 0 Å². The zero-order valence-electron chi connectivity index (χ0n) is 18.9. The minimum Gasteiger partial charge on any atom is -0.496 e. The number of hydrogen-bond acceptors (Lipinski definition) is 4. The normalized spacial score (nSPS) is 14.5. The highest BCUT2D eigenvalue weighted by atomic mass is 32.1. The molecule has 168 valence electrons. The molecule has 0 atom stereocenters. The maximum absolute atomic E-state index is 13.1. The molecule has 4 rings (SSSR count).